The van der Waals surface area contributed by atoms with E-state index in [4.69, 9.17) is 66.3 Å². The van der Waals surface area contributed by atoms with Gasteiger partial charge in [0.25, 0.3) is 5.56 Å². The predicted molar refractivity (Wildman–Crippen MR) is 166 cm³/mol. The highest BCUT2D eigenvalue weighted by molar-refractivity contribution is 7.98. The van der Waals surface area contributed by atoms with Gasteiger partial charge in [-0.25, -0.2) is 9.97 Å². The monoisotopic (exact) mass is 670 g/mol. The summed E-state index contributed by atoms with van der Waals surface area (Å²) in [6, 6.07) is 13.0. The van der Waals surface area contributed by atoms with Gasteiger partial charge < -0.3 is 25.1 Å². The van der Waals surface area contributed by atoms with Gasteiger partial charge >= 0.3 is 0 Å². The third kappa shape index (κ3) is 6.38. The Hall–Kier alpha value is -2.12. The van der Waals surface area contributed by atoms with E-state index in [1.807, 2.05) is 0 Å². The van der Waals surface area contributed by atoms with E-state index in [0.29, 0.717) is 36.2 Å². The molecule has 0 radical (unpaired) electrons. The van der Waals surface area contributed by atoms with Crippen LogP contribution in [0.15, 0.2) is 58.5 Å². The minimum atomic E-state index is -1.73. The van der Waals surface area contributed by atoms with E-state index in [1.165, 1.54) is 29.3 Å². The first kappa shape index (κ1) is 31.3. The number of hydrogen-bond acceptors (Lipinski definition) is 9. The number of anilines is 1. The van der Waals surface area contributed by atoms with Crippen molar-refractivity contribution >= 4 is 75.0 Å². The maximum Gasteiger partial charge on any atom is 0.254 e. The topological polar surface area (TPSA) is 122 Å². The van der Waals surface area contributed by atoms with Crippen molar-refractivity contribution in [2.75, 3.05) is 18.6 Å². The van der Waals surface area contributed by atoms with Gasteiger partial charge in [0.2, 0.25) is 0 Å². The van der Waals surface area contributed by atoms with Crippen LogP contribution in [0.5, 0.6) is 0 Å². The summed E-state index contributed by atoms with van der Waals surface area (Å²) in [5.74, 6) is 0.195. The van der Waals surface area contributed by atoms with Crippen LogP contribution in [0.25, 0.3) is 11.0 Å². The Labute approximate surface area is 265 Å². The molecule has 1 aliphatic heterocycles. The van der Waals surface area contributed by atoms with Crippen molar-refractivity contribution < 1.29 is 19.3 Å². The Bertz CT molecular complexity index is 1690. The molecule has 14 heteroatoms. The summed E-state index contributed by atoms with van der Waals surface area (Å²) in [6.07, 6.45) is -1.20. The average molecular weight is 672 g/mol. The molecule has 1 aliphatic rings. The molecule has 4 atom stereocenters. The Kier molecular flexibility index (Phi) is 9.58. The Morgan fingerprint density at radius 3 is 2.29 bits per heavy atom. The molecule has 3 N–H and O–H groups in total. The minimum Gasteiger partial charge on any atom is -0.383 e. The lowest BCUT2D eigenvalue weighted by Gasteiger charge is -2.31. The molecule has 222 valence electrons. The standard InChI is InChI=1S/C28H26Cl4N4O5S/c1-28(38)23(40-12-15-4-6-17(30)10-20(15)32)21(13-39-11-14-3-5-16(29)9-19(14)31)41-26(28)36-22(37)8-7-18-24(33)34-27(42-2)35-25(18)36/h3-10,21,23,26,38H,11-13H2,1-2H3,(H2,33,34,35). The van der Waals surface area contributed by atoms with Crippen LogP contribution in [0.4, 0.5) is 5.82 Å². The van der Waals surface area contributed by atoms with Gasteiger partial charge in [-0.3, -0.25) is 9.36 Å². The molecular weight excluding hydrogens is 646 g/mol. The van der Waals surface area contributed by atoms with E-state index in [0.717, 1.165) is 5.56 Å². The minimum absolute atomic E-state index is 0.00266. The first-order valence-corrected chi connectivity index (χ1v) is 15.4. The number of nitrogens with zero attached hydrogens (tertiary/aromatic N) is 3. The van der Waals surface area contributed by atoms with Crippen LogP contribution in [-0.4, -0.2) is 50.3 Å². The molecular formula is C28H26Cl4N4O5S. The number of fused-ring (bicyclic) bond motifs is 1. The molecule has 42 heavy (non-hydrogen) atoms. The molecule has 3 heterocycles. The fraction of sp³-hybridized carbons (Fsp3) is 0.321. The van der Waals surface area contributed by atoms with Gasteiger partial charge in [-0.05, 0) is 54.6 Å². The molecule has 0 bridgehead atoms. The lowest BCUT2D eigenvalue weighted by molar-refractivity contribution is -0.114. The van der Waals surface area contributed by atoms with Crippen molar-refractivity contribution in [3.63, 3.8) is 0 Å². The van der Waals surface area contributed by atoms with Crippen LogP contribution < -0.4 is 11.3 Å². The van der Waals surface area contributed by atoms with E-state index in [-0.39, 0.29) is 31.3 Å². The first-order valence-electron chi connectivity index (χ1n) is 12.7. The number of nitrogens with two attached hydrogens (primary N) is 1. The molecule has 1 fully saturated rings. The second-order valence-corrected chi connectivity index (χ2v) is 12.3. The second kappa shape index (κ2) is 12.9. The molecule has 4 unspecified atom stereocenters. The van der Waals surface area contributed by atoms with Crippen molar-refractivity contribution in [2.45, 2.75) is 49.3 Å². The smallest absolute Gasteiger partial charge is 0.254 e. The lowest BCUT2D eigenvalue weighted by atomic mass is 9.96. The highest BCUT2D eigenvalue weighted by atomic mass is 35.5. The molecule has 2 aromatic carbocycles. The number of nitrogen functional groups attached to an aromatic ring is 1. The summed E-state index contributed by atoms with van der Waals surface area (Å²) in [5.41, 5.74) is 5.59. The molecule has 4 aromatic rings. The van der Waals surface area contributed by atoms with Gasteiger partial charge in [-0.2, -0.15) is 0 Å². The van der Waals surface area contributed by atoms with Crippen molar-refractivity contribution in [1.29, 1.82) is 0 Å². The molecule has 0 spiro atoms. The van der Waals surface area contributed by atoms with Gasteiger partial charge in [0.05, 0.1) is 25.2 Å². The summed E-state index contributed by atoms with van der Waals surface area (Å²) < 4.78 is 19.8. The molecule has 0 aliphatic carbocycles. The number of benzene rings is 2. The first-order chi connectivity index (χ1) is 20.0. The number of thioether (sulfide) groups is 1. The number of rotatable bonds is 9. The number of ether oxygens (including phenoxy) is 3. The summed E-state index contributed by atoms with van der Waals surface area (Å²) in [4.78, 5) is 22.1. The van der Waals surface area contributed by atoms with E-state index in [2.05, 4.69) is 9.97 Å². The summed E-state index contributed by atoms with van der Waals surface area (Å²) in [6.45, 7) is 1.71. The Morgan fingerprint density at radius 2 is 1.67 bits per heavy atom. The zero-order chi connectivity index (χ0) is 30.2. The summed E-state index contributed by atoms with van der Waals surface area (Å²) in [5, 5.41) is 14.6. The van der Waals surface area contributed by atoms with Gasteiger partial charge in [0, 0.05) is 26.2 Å². The molecule has 1 saturated heterocycles. The Balaban J connectivity index is 1.49. The maximum absolute atomic E-state index is 13.3. The third-order valence-electron chi connectivity index (χ3n) is 6.92. The molecule has 0 saturated carbocycles. The summed E-state index contributed by atoms with van der Waals surface area (Å²) >= 11 is 26.0. The lowest BCUT2D eigenvalue weighted by Crippen LogP contribution is -2.47. The van der Waals surface area contributed by atoms with Crippen molar-refractivity contribution in [3.8, 4) is 0 Å². The molecule has 5 rings (SSSR count). The number of halogens is 4. The van der Waals surface area contributed by atoms with Crippen molar-refractivity contribution in [2.24, 2.45) is 0 Å². The SMILES string of the molecule is CSc1nc(N)c2ccc(=O)n(C3OC(COCc4ccc(Cl)cc4Cl)C(OCc4ccc(Cl)cc4Cl)C3(C)O)c2n1. The predicted octanol–water partition coefficient (Wildman–Crippen LogP) is 6.16. The fourth-order valence-electron chi connectivity index (χ4n) is 4.81. The average Bonchev–Trinajstić information content (AvgIpc) is 3.17. The third-order valence-corrected chi connectivity index (χ3v) is 8.64. The van der Waals surface area contributed by atoms with Gasteiger partial charge in [-0.15, -0.1) is 0 Å². The van der Waals surface area contributed by atoms with Crippen LogP contribution in [0.2, 0.25) is 20.1 Å². The van der Waals surface area contributed by atoms with Crippen molar-refractivity contribution in [1.82, 2.24) is 14.5 Å². The molecule has 9 nitrogen and oxygen atoms in total. The quantitative estimate of drug-likeness (QED) is 0.159. The molecule has 0 amide bonds. The van der Waals surface area contributed by atoms with Crippen LogP contribution in [0.3, 0.4) is 0 Å². The summed E-state index contributed by atoms with van der Waals surface area (Å²) in [7, 11) is 0. The highest BCUT2D eigenvalue weighted by Crippen LogP contribution is 2.41. The maximum atomic E-state index is 13.3. The van der Waals surface area contributed by atoms with Gasteiger partial charge in [0.15, 0.2) is 17.0 Å². The number of aliphatic hydroxyl groups is 1. The van der Waals surface area contributed by atoms with Crippen LogP contribution in [0.1, 0.15) is 24.3 Å². The van der Waals surface area contributed by atoms with Crippen LogP contribution >= 0.6 is 58.2 Å². The number of aromatic nitrogens is 3. The van der Waals surface area contributed by atoms with E-state index in [1.54, 1.807) is 48.7 Å². The van der Waals surface area contributed by atoms with E-state index >= 15 is 0 Å². The zero-order valence-electron chi connectivity index (χ0n) is 22.4. The fourth-order valence-corrected chi connectivity index (χ4v) is 6.11. The van der Waals surface area contributed by atoms with Crippen molar-refractivity contribution in [3.05, 3.63) is 90.1 Å². The van der Waals surface area contributed by atoms with Gasteiger partial charge in [-0.1, -0.05) is 70.3 Å². The van der Waals surface area contributed by atoms with Crippen LogP contribution in [-0.2, 0) is 27.4 Å². The molecule has 2 aromatic heterocycles. The van der Waals surface area contributed by atoms with Crippen LogP contribution in [0, 0.1) is 0 Å². The largest absolute Gasteiger partial charge is 0.383 e. The van der Waals surface area contributed by atoms with Gasteiger partial charge in [0.1, 0.15) is 23.6 Å². The zero-order valence-corrected chi connectivity index (χ0v) is 26.2. The number of hydrogen-bond donors (Lipinski definition) is 2. The Morgan fingerprint density at radius 1 is 1.02 bits per heavy atom. The van der Waals surface area contributed by atoms with E-state index < -0.39 is 29.6 Å². The normalized spacial score (nSPS) is 22.2. The second-order valence-electron chi connectivity index (χ2n) is 9.85. The van der Waals surface area contributed by atoms with E-state index in [9.17, 15) is 9.90 Å². The number of pyridine rings is 1. The highest BCUT2D eigenvalue weighted by Gasteiger charge is 2.55.